The van der Waals surface area contributed by atoms with Crippen molar-refractivity contribution in [2.45, 2.75) is 26.3 Å². The van der Waals surface area contributed by atoms with Gasteiger partial charge in [-0.05, 0) is 36.6 Å². The number of aromatic nitrogens is 3. The number of hydrogen-bond donors (Lipinski definition) is 0. The zero-order valence-corrected chi connectivity index (χ0v) is 20.8. The van der Waals surface area contributed by atoms with E-state index in [0.717, 1.165) is 29.6 Å². The summed E-state index contributed by atoms with van der Waals surface area (Å²) in [5.41, 5.74) is 3.83. The zero-order valence-electron chi connectivity index (χ0n) is 20.0. The lowest BCUT2D eigenvalue weighted by molar-refractivity contribution is 0.0984. The van der Waals surface area contributed by atoms with Crippen LogP contribution in [0.1, 0.15) is 45.2 Å². The monoisotopic (exact) mass is 494 g/mol. The Labute approximate surface area is 213 Å². The third kappa shape index (κ3) is 4.97. The van der Waals surface area contributed by atoms with E-state index in [2.05, 4.69) is 18.0 Å². The summed E-state index contributed by atoms with van der Waals surface area (Å²) in [5, 5.41) is 0.686. The number of fused-ring (bicyclic) bond motifs is 1. The fourth-order valence-electron chi connectivity index (χ4n) is 4.19. The maximum atomic E-state index is 13.7. The van der Waals surface area contributed by atoms with Gasteiger partial charge in [0.15, 0.2) is 10.9 Å². The summed E-state index contributed by atoms with van der Waals surface area (Å²) < 4.78 is 3.07. The molecule has 0 radical (unpaired) electrons. The van der Waals surface area contributed by atoms with E-state index < -0.39 is 0 Å². The van der Waals surface area contributed by atoms with E-state index in [9.17, 15) is 9.59 Å². The Morgan fingerprint density at radius 3 is 2.39 bits per heavy atom. The van der Waals surface area contributed by atoms with Crippen molar-refractivity contribution in [1.29, 1.82) is 0 Å². The molecule has 0 aliphatic carbocycles. The van der Waals surface area contributed by atoms with Crippen LogP contribution in [0.2, 0.25) is 0 Å². The van der Waals surface area contributed by atoms with E-state index in [4.69, 9.17) is 4.98 Å². The average Bonchev–Trinajstić information content (AvgIpc) is 3.61. The van der Waals surface area contributed by atoms with Gasteiger partial charge in [0.05, 0.1) is 16.5 Å². The SMILES string of the molecule is CCc1cccc2sc(N(CCCn3ccnc3)C(=O)c3ccc(C(=O)c4ccccc4)cc3)nc12. The summed E-state index contributed by atoms with van der Waals surface area (Å²) in [6.45, 7) is 3.38. The Balaban J connectivity index is 1.42. The Hall–Kier alpha value is -4.10. The molecule has 0 atom stereocenters. The second-order valence-corrected chi connectivity index (χ2v) is 9.51. The molecule has 2 aromatic heterocycles. The molecule has 0 aliphatic rings. The molecule has 5 rings (SSSR count). The van der Waals surface area contributed by atoms with Crippen molar-refractivity contribution in [3.63, 3.8) is 0 Å². The largest absolute Gasteiger partial charge is 0.337 e. The molecule has 0 N–H and O–H groups in total. The fraction of sp³-hybridized carbons (Fsp3) is 0.172. The Morgan fingerprint density at radius 1 is 0.917 bits per heavy atom. The number of anilines is 1. The summed E-state index contributed by atoms with van der Waals surface area (Å²) in [5.74, 6) is -0.193. The van der Waals surface area contributed by atoms with Crippen LogP contribution in [0.5, 0.6) is 0 Å². The van der Waals surface area contributed by atoms with E-state index in [1.807, 2.05) is 41.1 Å². The van der Waals surface area contributed by atoms with Gasteiger partial charge in [-0.1, -0.05) is 72.9 Å². The highest BCUT2D eigenvalue weighted by molar-refractivity contribution is 7.22. The van der Waals surface area contributed by atoms with Crippen LogP contribution in [-0.4, -0.2) is 32.8 Å². The van der Waals surface area contributed by atoms with Crippen LogP contribution in [0.15, 0.2) is 91.5 Å². The molecule has 7 heteroatoms. The highest BCUT2D eigenvalue weighted by Crippen LogP contribution is 2.32. The maximum absolute atomic E-state index is 13.7. The first-order valence-electron chi connectivity index (χ1n) is 12.0. The van der Waals surface area contributed by atoms with E-state index >= 15 is 0 Å². The first kappa shape index (κ1) is 23.6. The minimum atomic E-state index is -0.128. The first-order chi connectivity index (χ1) is 17.6. The number of thiazole rings is 1. The lowest BCUT2D eigenvalue weighted by Crippen LogP contribution is -2.32. The van der Waals surface area contributed by atoms with E-state index in [-0.39, 0.29) is 11.7 Å². The van der Waals surface area contributed by atoms with Crippen LogP contribution in [0.4, 0.5) is 5.13 Å². The predicted molar refractivity (Wildman–Crippen MR) is 144 cm³/mol. The van der Waals surface area contributed by atoms with Gasteiger partial charge in [-0.25, -0.2) is 9.97 Å². The Bertz CT molecular complexity index is 1480. The molecule has 0 aliphatic heterocycles. The summed E-state index contributed by atoms with van der Waals surface area (Å²) in [6.07, 6.45) is 7.08. The second-order valence-electron chi connectivity index (χ2n) is 8.50. The number of ketones is 1. The van der Waals surface area contributed by atoms with Gasteiger partial charge in [0.1, 0.15) is 0 Å². The standard InChI is InChI=1S/C29H26N4O2S/c1-2-21-10-6-11-25-26(21)31-29(36-25)33(18-7-17-32-19-16-30-20-32)28(35)24-14-12-23(13-15-24)27(34)22-8-4-3-5-9-22/h3-6,8-16,19-20H,2,7,17-18H2,1H3. The number of benzene rings is 3. The van der Waals surface area contributed by atoms with Crippen LogP contribution in [0.25, 0.3) is 10.2 Å². The average molecular weight is 495 g/mol. The summed E-state index contributed by atoms with van der Waals surface area (Å²) in [7, 11) is 0. The van der Waals surface area contributed by atoms with Crippen LogP contribution in [0, 0.1) is 0 Å². The van der Waals surface area contributed by atoms with Crippen LogP contribution in [0.3, 0.4) is 0 Å². The molecule has 0 saturated heterocycles. The molecule has 5 aromatic rings. The minimum absolute atomic E-state index is 0.0648. The van der Waals surface area contributed by atoms with Crippen LogP contribution in [-0.2, 0) is 13.0 Å². The lowest BCUT2D eigenvalue weighted by Gasteiger charge is -2.20. The smallest absolute Gasteiger partial charge is 0.260 e. The number of hydrogen-bond acceptors (Lipinski definition) is 5. The van der Waals surface area contributed by atoms with E-state index in [1.54, 1.807) is 53.8 Å². The van der Waals surface area contributed by atoms with Gasteiger partial charge in [0, 0.05) is 42.2 Å². The third-order valence-electron chi connectivity index (χ3n) is 6.14. The van der Waals surface area contributed by atoms with Crippen molar-refractivity contribution < 1.29 is 9.59 Å². The number of amides is 1. The Morgan fingerprint density at radius 2 is 1.67 bits per heavy atom. The topological polar surface area (TPSA) is 68.1 Å². The number of imidazole rings is 1. The summed E-state index contributed by atoms with van der Waals surface area (Å²) >= 11 is 1.53. The number of carbonyl (C=O) groups excluding carboxylic acids is 2. The van der Waals surface area contributed by atoms with Gasteiger partial charge in [-0.2, -0.15) is 0 Å². The number of carbonyl (C=O) groups is 2. The minimum Gasteiger partial charge on any atom is -0.337 e. The van der Waals surface area contributed by atoms with Crippen molar-refractivity contribution in [1.82, 2.24) is 14.5 Å². The summed E-state index contributed by atoms with van der Waals surface area (Å²) in [4.78, 5) is 37.2. The molecular formula is C29H26N4O2S. The normalized spacial score (nSPS) is 11.0. The highest BCUT2D eigenvalue weighted by atomic mass is 32.1. The molecule has 1 amide bonds. The van der Waals surface area contributed by atoms with Gasteiger partial charge >= 0.3 is 0 Å². The molecule has 3 aromatic carbocycles. The van der Waals surface area contributed by atoms with Crippen molar-refractivity contribution in [2.24, 2.45) is 0 Å². The lowest BCUT2D eigenvalue weighted by atomic mass is 10.0. The van der Waals surface area contributed by atoms with Gasteiger partial charge in [-0.15, -0.1) is 0 Å². The van der Waals surface area contributed by atoms with Gasteiger partial charge in [0.2, 0.25) is 0 Å². The quantitative estimate of drug-likeness (QED) is 0.235. The molecule has 0 bridgehead atoms. The third-order valence-corrected chi connectivity index (χ3v) is 7.18. The predicted octanol–water partition coefficient (Wildman–Crippen LogP) is 6.02. The molecule has 36 heavy (non-hydrogen) atoms. The van der Waals surface area contributed by atoms with E-state index in [1.165, 1.54) is 16.9 Å². The number of nitrogens with zero attached hydrogens (tertiary/aromatic N) is 4. The second kappa shape index (κ2) is 10.7. The van der Waals surface area contributed by atoms with Crippen molar-refractivity contribution >= 4 is 38.4 Å². The molecular weight excluding hydrogens is 468 g/mol. The van der Waals surface area contributed by atoms with Crippen molar-refractivity contribution in [3.05, 3.63) is 114 Å². The van der Waals surface area contributed by atoms with E-state index in [0.29, 0.717) is 28.4 Å². The highest BCUT2D eigenvalue weighted by Gasteiger charge is 2.22. The van der Waals surface area contributed by atoms with Gasteiger partial charge < -0.3 is 4.57 Å². The molecule has 0 unspecified atom stereocenters. The molecule has 0 saturated carbocycles. The Kier molecular flexibility index (Phi) is 7.00. The first-order valence-corrected chi connectivity index (χ1v) is 12.8. The van der Waals surface area contributed by atoms with Gasteiger partial charge in [-0.3, -0.25) is 14.5 Å². The van der Waals surface area contributed by atoms with Crippen LogP contribution < -0.4 is 4.90 Å². The van der Waals surface area contributed by atoms with Gasteiger partial charge in [0.25, 0.3) is 5.91 Å². The molecule has 0 fully saturated rings. The zero-order chi connectivity index (χ0) is 24.9. The number of para-hydroxylation sites is 1. The van der Waals surface area contributed by atoms with Crippen molar-refractivity contribution in [2.75, 3.05) is 11.4 Å². The fourth-order valence-corrected chi connectivity index (χ4v) is 5.22. The van der Waals surface area contributed by atoms with Crippen molar-refractivity contribution in [3.8, 4) is 0 Å². The molecule has 0 spiro atoms. The number of rotatable bonds is 9. The molecule has 2 heterocycles. The van der Waals surface area contributed by atoms with Crippen LogP contribution >= 0.6 is 11.3 Å². The molecule has 180 valence electrons. The summed E-state index contributed by atoms with van der Waals surface area (Å²) in [6, 6.07) is 22.2. The maximum Gasteiger partial charge on any atom is 0.260 e. The molecule has 6 nitrogen and oxygen atoms in total. The number of aryl methyl sites for hydroxylation is 2.